The first kappa shape index (κ1) is 33.4. The molecule has 262 valence electrons. The number of nitrogens with zero attached hydrogens (tertiary/aromatic N) is 4. The molecule has 0 atom stereocenters. The minimum Gasteiger partial charge on any atom is -0.507 e. The highest BCUT2D eigenvalue weighted by molar-refractivity contribution is 5.90. The highest BCUT2D eigenvalue weighted by Crippen LogP contribution is 2.56. The maximum absolute atomic E-state index is 10.6. The Morgan fingerprint density at radius 1 is 0.473 bits per heavy atom. The Bertz CT molecular complexity index is 2520. The molecule has 2 heterocycles. The van der Waals surface area contributed by atoms with Gasteiger partial charge in [0.1, 0.15) is 11.5 Å². The van der Waals surface area contributed by atoms with E-state index >= 15 is 0 Å². The number of hydrogen-bond acceptors (Lipinski definition) is 6. The third-order valence-corrected chi connectivity index (χ3v) is 10.3. The van der Waals surface area contributed by atoms with Crippen molar-refractivity contribution in [2.45, 2.75) is 5.41 Å². The molecule has 1 aliphatic carbocycles. The molecule has 8 aromatic rings. The zero-order chi connectivity index (χ0) is 37.2. The fraction of sp³-hybridized carbons (Fsp3) is 0.0204. The third-order valence-electron chi connectivity index (χ3n) is 10.3. The Balaban J connectivity index is 1.08. The lowest BCUT2D eigenvalue weighted by Crippen LogP contribution is -2.28. The van der Waals surface area contributed by atoms with Crippen molar-refractivity contribution in [1.29, 1.82) is 0 Å². The summed E-state index contributed by atoms with van der Waals surface area (Å²) in [4.78, 5) is 18.2. The van der Waals surface area contributed by atoms with E-state index in [9.17, 15) is 10.2 Å². The molecule has 0 amide bonds. The third kappa shape index (κ3) is 6.15. The van der Waals surface area contributed by atoms with Crippen molar-refractivity contribution in [2.75, 3.05) is 0 Å². The van der Waals surface area contributed by atoms with Gasteiger partial charge in [0, 0.05) is 53.3 Å². The van der Waals surface area contributed by atoms with Gasteiger partial charge in [0.25, 0.3) is 0 Å². The summed E-state index contributed by atoms with van der Waals surface area (Å²) in [6.45, 7) is 0. The molecule has 0 saturated heterocycles. The summed E-state index contributed by atoms with van der Waals surface area (Å²) in [6, 6.07) is 54.5. The normalized spacial score (nSPS) is 12.9. The van der Waals surface area contributed by atoms with Crippen molar-refractivity contribution in [1.82, 2.24) is 9.97 Å². The van der Waals surface area contributed by atoms with Gasteiger partial charge in [0.05, 0.1) is 22.5 Å². The number of aromatic hydroxyl groups is 2. The summed E-state index contributed by atoms with van der Waals surface area (Å²) in [5.41, 5.74) is 12.9. The molecule has 0 unspecified atom stereocenters. The lowest BCUT2D eigenvalue weighted by atomic mass is 9.67. The molecule has 55 heavy (non-hydrogen) atoms. The number of rotatable bonds is 8. The van der Waals surface area contributed by atoms with Crippen LogP contribution in [-0.4, -0.2) is 32.6 Å². The smallest absolute Gasteiger partial charge is 0.124 e. The molecule has 9 rings (SSSR count). The van der Waals surface area contributed by atoms with Crippen LogP contribution in [0.5, 0.6) is 11.5 Å². The fourth-order valence-corrected chi connectivity index (χ4v) is 7.63. The van der Waals surface area contributed by atoms with Crippen molar-refractivity contribution >= 4 is 23.8 Å². The molecular formula is C49H34N4O2. The van der Waals surface area contributed by atoms with E-state index in [0.717, 1.165) is 44.9 Å². The van der Waals surface area contributed by atoms with E-state index in [2.05, 4.69) is 82.8 Å². The van der Waals surface area contributed by atoms with Crippen molar-refractivity contribution < 1.29 is 10.2 Å². The molecule has 0 saturated carbocycles. The van der Waals surface area contributed by atoms with Gasteiger partial charge in [-0.1, -0.05) is 91.0 Å². The summed E-state index contributed by atoms with van der Waals surface area (Å²) in [7, 11) is 0. The number of benzene rings is 6. The Kier molecular flexibility index (Phi) is 8.61. The van der Waals surface area contributed by atoms with Crippen molar-refractivity contribution in [2.24, 2.45) is 9.98 Å². The molecule has 2 aromatic heterocycles. The maximum Gasteiger partial charge on any atom is 0.124 e. The van der Waals surface area contributed by atoms with Gasteiger partial charge in [-0.3, -0.25) is 20.0 Å². The van der Waals surface area contributed by atoms with Gasteiger partial charge >= 0.3 is 0 Å². The van der Waals surface area contributed by atoms with Gasteiger partial charge in [0.15, 0.2) is 0 Å². The van der Waals surface area contributed by atoms with Crippen molar-refractivity contribution in [3.8, 4) is 45.0 Å². The summed E-state index contributed by atoms with van der Waals surface area (Å²) in [5, 5.41) is 21.3. The van der Waals surface area contributed by atoms with Crippen LogP contribution in [0, 0.1) is 0 Å². The van der Waals surface area contributed by atoms with E-state index in [0.29, 0.717) is 11.1 Å². The van der Waals surface area contributed by atoms with Crippen LogP contribution in [0.4, 0.5) is 11.4 Å². The number of aromatic nitrogens is 2. The molecule has 0 spiro atoms. The van der Waals surface area contributed by atoms with Crippen LogP contribution in [-0.2, 0) is 5.41 Å². The zero-order valence-electron chi connectivity index (χ0n) is 29.7. The largest absolute Gasteiger partial charge is 0.507 e. The van der Waals surface area contributed by atoms with E-state index in [4.69, 9.17) is 9.98 Å². The summed E-state index contributed by atoms with van der Waals surface area (Å²) in [5.74, 6) is 0.315. The first-order valence-corrected chi connectivity index (χ1v) is 18.0. The Morgan fingerprint density at radius 3 is 1.56 bits per heavy atom. The Hall–Kier alpha value is -7.44. The number of fused-ring (bicyclic) bond motifs is 3. The first-order chi connectivity index (χ1) is 27.1. The van der Waals surface area contributed by atoms with E-state index in [1.807, 2.05) is 78.9 Å². The highest BCUT2D eigenvalue weighted by Gasteiger charge is 2.45. The second-order valence-electron chi connectivity index (χ2n) is 13.5. The van der Waals surface area contributed by atoms with Crippen LogP contribution in [0.2, 0.25) is 0 Å². The van der Waals surface area contributed by atoms with Gasteiger partial charge in [-0.15, -0.1) is 0 Å². The van der Waals surface area contributed by atoms with Gasteiger partial charge in [-0.05, 0) is 112 Å². The topological polar surface area (TPSA) is 91.0 Å². The second-order valence-corrected chi connectivity index (χ2v) is 13.5. The molecule has 2 N–H and O–H groups in total. The molecule has 0 radical (unpaired) electrons. The summed E-state index contributed by atoms with van der Waals surface area (Å²) >= 11 is 0. The number of phenolic OH excluding ortho intramolecular Hbond substituents is 2. The van der Waals surface area contributed by atoms with E-state index in [1.54, 1.807) is 43.2 Å². The molecule has 6 aromatic carbocycles. The molecule has 0 bridgehead atoms. The number of hydrogen-bond donors (Lipinski definition) is 2. The summed E-state index contributed by atoms with van der Waals surface area (Å²) in [6.07, 6.45) is 8.70. The predicted molar refractivity (Wildman–Crippen MR) is 221 cm³/mol. The fourth-order valence-electron chi connectivity index (χ4n) is 7.63. The molecule has 1 aliphatic rings. The van der Waals surface area contributed by atoms with Gasteiger partial charge < -0.3 is 10.2 Å². The molecule has 6 nitrogen and oxygen atoms in total. The van der Waals surface area contributed by atoms with Crippen molar-refractivity contribution in [3.63, 3.8) is 0 Å². The van der Waals surface area contributed by atoms with Gasteiger partial charge in [-0.2, -0.15) is 0 Å². The van der Waals surface area contributed by atoms with E-state index in [-0.39, 0.29) is 11.5 Å². The number of pyridine rings is 2. The SMILES string of the molecule is Oc1ccc(-c2cccnc2)cc1C=Nc1ccc(C2(c3ccc(N=Cc4cc(-c5ccccn5)ccc4O)cc3)c3ccccc3-c3ccccc32)cc1. The highest BCUT2D eigenvalue weighted by atomic mass is 16.3. The predicted octanol–water partition coefficient (Wildman–Crippen LogP) is 11.1. The van der Waals surface area contributed by atoms with Crippen LogP contribution < -0.4 is 0 Å². The lowest BCUT2D eigenvalue weighted by Gasteiger charge is -2.34. The number of phenols is 2. The molecular weight excluding hydrogens is 677 g/mol. The van der Waals surface area contributed by atoms with E-state index in [1.165, 1.54) is 22.3 Å². The van der Waals surface area contributed by atoms with Gasteiger partial charge in [0.2, 0.25) is 0 Å². The zero-order valence-corrected chi connectivity index (χ0v) is 29.7. The first-order valence-electron chi connectivity index (χ1n) is 18.0. The van der Waals surface area contributed by atoms with Crippen LogP contribution in [0.15, 0.2) is 192 Å². The Morgan fingerprint density at radius 2 is 1.02 bits per heavy atom. The quantitative estimate of drug-likeness (QED) is 0.154. The van der Waals surface area contributed by atoms with Crippen LogP contribution in [0.3, 0.4) is 0 Å². The monoisotopic (exact) mass is 710 g/mol. The maximum atomic E-state index is 10.6. The summed E-state index contributed by atoms with van der Waals surface area (Å²) < 4.78 is 0. The average molecular weight is 711 g/mol. The van der Waals surface area contributed by atoms with E-state index < -0.39 is 5.41 Å². The average Bonchev–Trinajstić information content (AvgIpc) is 3.55. The molecule has 0 aliphatic heterocycles. The minimum absolute atomic E-state index is 0.154. The van der Waals surface area contributed by atoms with Crippen LogP contribution in [0.1, 0.15) is 33.4 Å². The van der Waals surface area contributed by atoms with Gasteiger partial charge in [-0.25, -0.2) is 0 Å². The van der Waals surface area contributed by atoms with Crippen LogP contribution >= 0.6 is 0 Å². The molecule has 6 heteroatoms. The van der Waals surface area contributed by atoms with Crippen molar-refractivity contribution in [3.05, 3.63) is 216 Å². The molecule has 0 fully saturated rings. The lowest BCUT2D eigenvalue weighted by molar-refractivity contribution is 0.474. The van der Waals surface area contributed by atoms with Crippen LogP contribution in [0.25, 0.3) is 33.5 Å². The number of aliphatic imine (C=N–C) groups is 2. The second kappa shape index (κ2) is 14.2. The minimum atomic E-state index is -0.594. The standard InChI is InChI=1S/C49H34N4O2/c54-47-24-14-33(35-8-7-26-50-30-35)28-36(47)31-52-40-20-16-38(17-21-40)49(44-11-3-1-9-42(44)43-10-2-4-12-45(43)49)39-18-22-41(23-19-39)53-32-37-29-34(15-25-48(37)55)46-13-5-6-27-51-46/h1-32,54-55H. The Labute approximate surface area is 319 Å².